The maximum absolute atomic E-state index is 8.48. The Labute approximate surface area is 145 Å². The van der Waals surface area contributed by atoms with Gasteiger partial charge in [0.05, 0.1) is 0 Å². The van der Waals surface area contributed by atoms with E-state index in [1.807, 2.05) is 50.7 Å². The zero-order chi connectivity index (χ0) is 19.2. The third-order valence-electron chi connectivity index (χ3n) is 4.02. The van der Waals surface area contributed by atoms with Crippen LogP contribution in [0, 0.1) is 12.3 Å². The molecule has 0 atom stereocenters. The Morgan fingerprint density at radius 2 is 1.65 bits per heavy atom. The number of hydrogen-bond donors (Lipinski definition) is 0. The van der Waals surface area contributed by atoms with E-state index in [0.29, 0.717) is 0 Å². The second-order valence-electron chi connectivity index (χ2n) is 8.57. The Morgan fingerprint density at radius 3 is 2.13 bits per heavy atom. The van der Waals surface area contributed by atoms with Crippen LogP contribution in [0.3, 0.4) is 0 Å². The van der Waals surface area contributed by atoms with E-state index in [4.69, 9.17) is 2.74 Å². The molecule has 0 unspecified atom stereocenters. The lowest BCUT2D eigenvalue weighted by Crippen LogP contribution is -2.32. The Hall–Kier alpha value is -1.63. The summed E-state index contributed by atoms with van der Waals surface area (Å²) >= 11 is 0. The second-order valence-corrected chi connectivity index (χ2v) is 8.57. The number of benzene rings is 1. The molecule has 0 amide bonds. The van der Waals surface area contributed by atoms with Gasteiger partial charge in [-0.2, -0.15) is 0 Å². The predicted molar refractivity (Wildman–Crippen MR) is 99.7 cm³/mol. The van der Waals surface area contributed by atoms with Crippen LogP contribution in [0.4, 0.5) is 0 Å². The molecule has 1 aromatic heterocycles. The molecule has 0 aliphatic heterocycles. The number of hydrogen-bond acceptors (Lipinski definition) is 0. The van der Waals surface area contributed by atoms with Gasteiger partial charge in [0.15, 0.2) is 6.20 Å². The van der Waals surface area contributed by atoms with Crippen LogP contribution in [0.2, 0.25) is 0 Å². The van der Waals surface area contributed by atoms with E-state index in [1.54, 1.807) is 0 Å². The largest absolute Gasteiger partial charge is 0.212 e. The topological polar surface area (TPSA) is 3.88 Å². The molecule has 0 aliphatic carbocycles. The average molecular weight is 313 g/mol. The molecule has 2 rings (SSSR count). The molecular weight excluding hydrogens is 278 g/mol. The number of pyridine rings is 1. The van der Waals surface area contributed by atoms with Crippen LogP contribution in [-0.4, -0.2) is 0 Å². The van der Waals surface area contributed by atoms with Crippen molar-refractivity contribution in [3.8, 4) is 11.3 Å². The summed E-state index contributed by atoms with van der Waals surface area (Å²) in [7, 11) is 1.99. The lowest BCUT2D eigenvalue weighted by molar-refractivity contribution is -0.660. The Kier molecular flexibility index (Phi) is 3.97. The molecule has 0 aliphatic rings. The quantitative estimate of drug-likeness (QED) is 0.656. The average Bonchev–Trinajstić information content (AvgIpc) is 2.45. The standard InChI is InChI=1S/C22H32N/c1-16-13-18(22(5,6)7)10-11-19(16)20-12-9-17(15-23(20)8)14-21(2,3)4/h9-13,15H,14H2,1-8H3/q+1/i14D2. The van der Waals surface area contributed by atoms with E-state index < -0.39 is 11.8 Å². The molecule has 124 valence electrons. The van der Waals surface area contributed by atoms with Gasteiger partial charge in [0, 0.05) is 19.9 Å². The summed E-state index contributed by atoms with van der Waals surface area (Å²) in [6, 6.07) is 10.6. The number of rotatable bonds is 2. The molecule has 0 bridgehead atoms. The summed E-state index contributed by atoms with van der Waals surface area (Å²) in [5, 5.41) is 0. The van der Waals surface area contributed by atoms with Gasteiger partial charge in [-0.05, 0) is 47.4 Å². The van der Waals surface area contributed by atoms with E-state index in [1.165, 1.54) is 16.7 Å². The van der Waals surface area contributed by atoms with Gasteiger partial charge in [-0.15, -0.1) is 0 Å². The Bertz CT molecular complexity index is 778. The summed E-state index contributed by atoms with van der Waals surface area (Å²) in [6.07, 6.45) is 0.548. The molecule has 0 saturated heterocycles. The minimum Gasteiger partial charge on any atom is -0.201 e. The Balaban J connectivity index is 2.50. The summed E-state index contributed by atoms with van der Waals surface area (Å²) in [4.78, 5) is 0. The maximum atomic E-state index is 8.48. The zero-order valence-electron chi connectivity index (χ0n) is 17.9. The molecule has 0 saturated carbocycles. The van der Waals surface area contributed by atoms with Crippen LogP contribution in [0.1, 0.15) is 61.0 Å². The van der Waals surface area contributed by atoms with E-state index in [9.17, 15) is 0 Å². The number of aromatic nitrogens is 1. The first kappa shape index (κ1) is 14.9. The number of aryl methyl sites for hydroxylation is 2. The van der Waals surface area contributed by atoms with E-state index in [0.717, 1.165) is 11.3 Å². The van der Waals surface area contributed by atoms with Crippen LogP contribution >= 0.6 is 0 Å². The fraction of sp³-hybridized carbons (Fsp3) is 0.500. The molecular formula is C22H32N+. The van der Waals surface area contributed by atoms with Crippen molar-refractivity contribution < 1.29 is 7.31 Å². The second kappa shape index (κ2) is 6.11. The molecule has 1 heterocycles. The first-order valence-electron chi connectivity index (χ1n) is 9.37. The van der Waals surface area contributed by atoms with Crippen LogP contribution in [-0.2, 0) is 18.8 Å². The highest BCUT2D eigenvalue weighted by atomic mass is 14.9. The third-order valence-corrected chi connectivity index (χ3v) is 4.02. The zero-order valence-corrected chi connectivity index (χ0v) is 15.9. The highest BCUT2D eigenvalue weighted by Gasteiger charge is 2.19. The minimum absolute atomic E-state index is 0.137. The van der Waals surface area contributed by atoms with Gasteiger partial charge in [0.2, 0.25) is 5.69 Å². The monoisotopic (exact) mass is 312 g/mol. The maximum Gasteiger partial charge on any atom is 0.212 e. The van der Waals surface area contributed by atoms with Crippen molar-refractivity contribution in [3.05, 3.63) is 53.2 Å². The van der Waals surface area contributed by atoms with Gasteiger partial charge in [0.25, 0.3) is 0 Å². The molecule has 0 N–H and O–H groups in total. The van der Waals surface area contributed by atoms with Crippen molar-refractivity contribution >= 4 is 0 Å². The molecule has 0 spiro atoms. The van der Waals surface area contributed by atoms with Gasteiger partial charge in [0.1, 0.15) is 7.05 Å². The summed E-state index contributed by atoms with van der Waals surface area (Å²) < 4.78 is 19.0. The van der Waals surface area contributed by atoms with Gasteiger partial charge in [-0.25, -0.2) is 4.57 Å². The smallest absolute Gasteiger partial charge is 0.201 e. The Morgan fingerprint density at radius 1 is 1.00 bits per heavy atom. The SMILES string of the molecule is [2H]C([2H])(c1ccc(-c2ccc(C(C)(C)C)cc2C)[n+](C)c1)C(C)(C)C. The highest BCUT2D eigenvalue weighted by Crippen LogP contribution is 2.28. The van der Waals surface area contributed by atoms with Crippen LogP contribution in [0.5, 0.6) is 0 Å². The van der Waals surface area contributed by atoms with Crippen molar-refractivity contribution in [2.24, 2.45) is 12.5 Å². The molecule has 0 fully saturated rings. The third kappa shape index (κ3) is 4.43. The number of nitrogens with zero attached hydrogens (tertiary/aromatic N) is 1. The van der Waals surface area contributed by atoms with Crippen molar-refractivity contribution in [2.45, 2.75) is 60.3 Å². The lowest BCUT2D eigenvalue weighted by atomic mass is 9.85. The van der Waals surface area contributed by atoms with Crippen LogP contribution in [0.15, 0.2) is 36.5 Å². The van der Waals surface area contributed by atoms with E-state index >= 15 is 0 Å². The highest BCUT2D eigenvalue weighted by molar-refractivity contribution is 5.62. The molecule has 23 heavy (non-hydrogen) atoms. The molecule has 0 radical (unpaired) electrons. The summed E-state index contributed by atoms with van der Waals surface area (Å²) in [5.74, 6) is 0. The molecule has 1 heteroatoms. The summed E-state index contributed by atoms with van der Waals surface area (Å²) in [5.41, 5.74) is 5.27. The van der Waals surface area contributed by atoms with Gasteiger partial charge >= 0.3 is 0 Å². The van der Waals surface area contributed by atoms with Crippen molar-refractivity contribution in [1.82, 2.24) is 0 Å². The van der Waals surface area contributed by atoms with Crippen molar-refractivity contribution in [1.29, 1.82) is 0 Å². The fourth-order valence-electron chi connectivity index (χ4n) is 2.81. The van der Waals surface area contributed by atoms with Crippen molar-refractivity contribution in [3.63, 3.8) is 0 Å². The minimum atomic E-state index is -1.38. The lowest BCUT2D eigenvalue weighted by Gasteiger charge is -2.20. The van der Waals surface area contributed by atoms with Gasteiger partial charge in [-0.3, -0.25) is 0 Å². The molecule has 1 aromatic carbocycles. The van der Waals surface area contributed by atoms with E-state index in [-0.39, 0.29) is 5.41 Å². The summed E-state index contributed by atoms with van der Waals surface area (Å²) in [6.45, 7) is 14.6. The van der Waals surface area contributed by atoms with Crippen molar-refractivity contribution in [2.75, 3.05) is 0 Å². The first-order chi connectivity index (χ1) is 11.2. The first-order valence-corrected chi connectivity index (χ1v) is 8.37. The fourth-order valence-corrected chi connectivity index (χ4v) is 2.81. The van der Waals surface area contributed by atoms with Gasteiger partial charge in [-0.1, -0.05) is 53.7 Å². The predicted octanol–water partition coefficient (Wildman–Crippen LogP) is 5.37. The normalized spacial score (nSPS) is 14.4. The van der Waals surface area contributed by atoms with Crippen LogP contribution in [0.25, 0.3) is 11.3 Å². The molecule has 1 nitrogen and oxygen atoms in total. The van der Waals surface area contributed by atoms with Gasteiger partial charge < -0.3 is 0 Å². The van der Waals surface area contributed by atoms with Crippen LogP contribution < -0.4 is 4.57 Å². The van der Waals surface area contributed by atoms with E-state index in [2.05, 4.69) is 45.9 Å². The molecule has 2 aromatic rings.